The predicted octanol–water partition coefficient (Wildman–Crippen LogP) is 2.34. The first-order valence-electron chi connectivity index (χ1n) is 7.11. The highest BCUT2D eigenvalue weighted by Gasteiger charge is 2.15. The molecule has 2 heterocycles. The van der Waals surface area contributed by atoms with Gasteiger partial charge in [-0.3, -0.25) is 4.79 Å². The van der Waals surface area contributed by atoms with Crippen molar-refractivity contribution in [3.05, 3.63) is 34.3 Å². The van der Waals surface area contributed by atoms with Crippen LogP contribution in [0.5, 0.6) is 0 Å². The molecule has 0 saturated heterocycles. The maximum atomic E-state index is 12.3. The molecule has 0 aromatic carbocycles. The molecule has 7 heteroatoms. The van der Waals surface area contributed by atoms with E-state index in [4.69, 9.17) is 0 Å². The molecule has 21 heavy (non-hydrogen) atoms. The van der Waals surface area contributed by atoms with Gasteiger partial charge in [0.05, 0.1) is 5.69 Å². The van der Waals surface area contributed by atoms with Gasteiger partial charge in [0.25, 0.3) is 5.91 Å². The van der Waals surface area contributed by atoms with Gasteiger partial charge >= 0.3 is 0 Å². The minimum atomic E-state index is -0.0630. The van der Waals surface area contributed by atoms with E-state index in [1.807, 2.05) is 11.4 Å². The Labute approximate surface area is 126 Å². The number of amides is 1. The molecule has 0 unspecified atom stereocenters. The molecule has 0 aliphatic heterocycles. The molecule has 1 aliphatic carbocycles. The van der Waals surface area contributed by atoms with E-state index < -0.39 is 0 Å². The van der Waals surface area contributed by atoms with Crippen LogP contribution in [0.4, 0.5) is 0 Å². The van der Waals surface area contributed by atoms with Crippen LogP contribution in [-0.2, 0) is 0 Å². The number of carbonyl (C=O) groups excluding carboxylic acids is 1. The van der Waals surface area contributed by atoms with Crippen LogP contribution in [0.15, 0.2) is 29.4 Å². The van der Waals surface area contributed by atoms with E-state index in [9.17, 15) is 4.79 Å². The van der Waals surface area contributed by atoms with E-state index in [1.54, 1.807) is 0 Å². The third kappa shape index (κ3) is 3.36. The summed E-state index contributed by atoms with van der Waals surface area (Å²) in [5, 5.41) is 15.9. The van der Waals surface area contributed by atoms with Crippen LogP contribution < -0.4 is 5.32 Å². The predicted molar refractivity (Wildman–Crippen MR) is 80.5 cm³/mol. The summed E-state index contributed by atoms with van der Waals surface area (Å²) in [7, 11) is 0. The molecule has 6 nitrogen and oxygen atoms in total. The number of tetrazole rings is 1. The summed E-state index contributed by atoms with van der Waals surface area (Å²) in [6, 6.07) is 1.85. The van der Waals surface area contributed by atoms with Crippen molar-refractivity contribution in [2.75, 3.05) is 6.54 Å². The van der Waals surface area contributed by atoms with Gasteiger partial charge in [0.2, 0.25) is 0 Å². The van der Waals surface area contributed by atoms with Gasteiger partial charge in [-0.25, -0.2) is 0 Å². The monoisotopic (exact) mass is 303 g/mol. The van der Waals surface area contributed by atoms with Crippen LogP contribution in [0.25, 0.3) is 5.69 Å². The molecule has 1 amide bonds. The van der Waals surface area contributed by atoms with E-state index in [-0.39, 0.29) is 5.91 Å². The van der Waals surface area contributed by atoms with Gasteiger partial charge < -0.3 is 5.32 Å². The summed E-state index contributed by atoms with van der Waals surface area (Å²) in [6.07, 6.45) is 9.66. The lowest BCUT2D eigenvalue weighted by molar-refractivity contribution is 0.0958. The number of nitrogens with zero attached hydrogens (tertiary/aromatic N) is 4. The highest BCUT2D eigenvalue weighted by molar-refractivity contribution is 7.12. The van der Waals surface area contributed by atoms with E-state index in [2.05, 4.69) is 26.9 Å². The Hall–Kier alpha value is -2.02. The molecule has 3 rings (SSSR count). The number of hydrogen-bond acceptors (Lipinski definition) is 5. The topological polar surface area (TPSA) is 72.7 Å². The lowest BCUT2D eigenvalue weighted by Gasteiger charge is -2.12. The number of aromatic nitrogens is 4. The standard InChI is InChI=1S/C14H17N5OS/c20-14(15-8-6-11-4-2-1-3-5-11)13-12(7-9-21-13)19-10-16-17-18-19/h4,7,9-10H,1-3,5-6,8H2,(H,15,20). The Balaban J connectivity index is 1.59. The number of nitrogens with one attached hydrogen (secondary N) is 1. The molecule has 0 bridgehead atoms. The van der Waals surface area contributed by atoms with Gasteiger partial charge in [-0.2, -0.15) is 4.68 Å². The van der Waals surface area contributed by atoms with Gasteiger partial charge in [-0.15, -0.1) is 16.4 Å². The van der Waals surface area contributed by atoms with Gasteiger partial charge in [0, 0.05) is 6.54 Å². The third-order valence-electron chi connectivity index (χ3n) is 3.56. The molecule has 0 atom stereocenters. The second-order valence-corrected chi connectivity index (χ2v) is 5.92. The van der Waals surface area contributed by atoms with E-state index in [1.165, 1.54) is 53.6 Å². The Morgan fingerprint density at radius 1 is 1.43 bits per heavy atom. The summed E-state index contributed by atoms with van der Waals surface area (Å²) in [6.45, 7) is 0.678. The average Bonchev–Trinajstić information content (AvgIpc) is 3.19. The fourth-order valence-electron chi connectivity index (χ4n) is 2.47. The van der Waals surface area contributed by atoms with Crippen LogP contribution in [0.1, 0.15) is 41.8 Å². The Kier molecular flexibility index (Phi) is 4.40. The van der Waals surface area contributed by atoms with Crippen LogP contribution in [-0.4, -0.2) is 32.7 Å². The maximum Gasteiger partial charge on any atom is 0.263 e. The van der Waals surface area contributed by atoms with Crippen LogP contribution in [0.2, 0.25) is 0 Å². The van der Waals surface area contributed by atoms with Crippen LogP contribution >= 0.6 is 11.3 Å². The molecule has 0 saturated carbocycles. The summed E-state index contributed by atoms with van der Waals surface area (Å²) in [5.74, 6) is -0.0630. The van der Waals surface area contributed by atoms with Gasteiger partial charge in [0.1, 0.15) is 11.2 Å². The average molecular weight is 303 g/mol. The van der Waals surface area contributed by atoms with Crippen LogP contribution in [0, 0.1) is 0 Å². The summed E-state index contributed by atoms with van der Waals surface area (Å²) in [4.78, 5) is 12.9. The number of thiophene rings is 1. The number of hydrogen-bond donors (Lipinski definition) is 1. The van der Waals surface area contributed by atoms with Crippen molar-refractivity contribution < 1.29 is 4.79 Å². The highest BCUT2D eigenvalue weighted by atomic mass is 32.1. The van der Waals surface area contributed by atoms with Gasteiger partial charge in [0.15, 0.2) is 0 Å². The Bertz CT molecular complexity index is 632. The Morgan fingerprint density at radius 2 is 2.38 bits per heavy atom. The molecule has 1 aliphatic rings. The first kappa shape index (κ1) is 13.9. The highest BCUT2D eigenvalue weighted by Crippen LogP contribution is 2.21. The molecule has 2 aromatic heterocycles. The first-order valence-corrected chi connectivity index (χ1v) is 7.99. The summed E-state index contributed by atoms with van der Waals surface area (Å²) >= 11 is 1.40. The molecule has 110 valence electrons. The van der Waals surface area contributed by atoms with Crippen molar-refractivity contribution in [3.8, 4) is 5.69 Å². The molecular weight excluding hydrogens is 286 g/mol. The molecular formula is C14H17N5OS. The maximum absolute atomic E-state index is 12.3. The summed E-state index contributed by atoms with van der Waals surface area (Å²) < 4.78 is 1.51. The van der Waals surface area contributed by atoms with Crippen molar-refractivity contribution in [2.24, 2.45) is 0 Å². The second kappa shape index (κ2) is 6.62. The first-order chi connectivity index (χ1) is 10.3. The molecule has 0 fully saturated rings. The zero-order valence-corrected chi connectivity index (χ0v) is 12.5. The third-order valence-corrected chi connectivity index (χ3v) is 4.47. The lowest BCUT2D eigenvalue weighted by Crippen LogP contribution is -2.25. The van der Waals surface area contributed by atoms with Crippen molar-refractivity contribution >= 4 is 17.2 Å². The largest absolute Gasteiger partial charge is 0.351 e. The quantitative estimate of drug-likeness (QED) is 0.861. The number of rotatable bonds is 5. The van der Waals surface area contributed by atoms with E-state index in [0.29, 0.717) is 11.4 Å². The smallest absolute Gasteiger partial charge is 0.263 e. The number of carbonyl (C=O) groups is 1. The van der Waals surface area contributed by atoms with E-state index in [0.717, 1.165) is 12.1 Å². The SMILES string of the molecule is O=C(NCCC1=CCCCC1)c1sccc1-n1cnnn1. The van der Waals surface area contributed by atoms with Gasteiger partial charge in [-0.1, -0.05) is 11.6 Å². The van der Waals surface area contributed by atoms with Crippen molar-refractivity contribution in [1.82, 2.24) is 25.5 Å². The summed E-state index contributed by atoms with van der Waals surface area (Å²) in [5.41, 5.74) is 2.19. The van der Waals surface area contributed by atoms with Gasteiger partial charge in [-0.05, 0) is 54.0 Å². The molecule has 2 aromatic rings. The molecule has 0 spiro atoms. The fourth-order valence-corrected chi connectivity index (χ4v) is 3.27. The normalized spacial score (nSPS) is 14.8. The zero-order chi connectivity index (χ0) is 14.5. The van der Waals surface area contributed by atoms with Crippen molar-refractivity contribution in [1.29, 1.82) is 0 Å². The fraction of sp³-hybridized carbons (Fsp3) is 0.429. The van der Waals surface area contributed by atoms with E-state index >= 15 is 0 Å². The second-order valence-electron chi connectivity index (χ2n) is 5.00. The van der Waals surface area contributed by atoms with Crippen molar-refractivity contribution in [2.45, 2.75) is 32.1 Å². The lowest BCUT2D eigenvalue weighted by atomic mass is 9.97. The molecule has 1 N–H and O–H groups in total. The van der Waals surface area contributed by atoms with Crippen LogP contribution in [0.3, 0.4) is 0 Å². The molecule has 0 radical (unpaired) electrons. The minimum absolute atomic E-state index is 0.0630. The Morgan fingerprint density at radius 3 is 3.14 bits per heavy atom. The minimum Gasteiger partial charge on any atom is -0.351 e. The van der Waals surface area contributed by atoms with Crippen molar-refractivity contribution in [3.63, 3.8) is 0 Å². The zero-order valence-electron chi connectivity index (χ0n) is 11.7. The number of allylic oxidation sites excluding steroid dienone is 1.